The second-order valence-corrected chi connectivity index (χ2v) is 5.74. The van der Waals surface area contributed by atoms with Crippen molar-refractivity contribution in [3.63, 3.8) is 0 Å². The molecule has 0 saturated carbocycles. The zero-order valence-electron chi connectivity index (χ0n) is 12.4. The van der Waals surface area contributed by atoms with E-state index >= 15 is 0 Å². The van der Waals surface area contributed by atoms with Crippen LogP contribution in [0.3, 0.4) is 0 Å². The molecule has 126 valence electrons. The minimum Gasteiger partial charge on any atom is -0.406 e. The number of H-pyrrole nitrogens is 1. The van der Waals surface area contributed by atoms with Crippen molar-refractivity contribution in [2.75, 3.05) is 0 Å². The Morgan fingerprint density at radius 2 is 1.88 bits per heavy atom. The number of benzene rings is 2. The van der Waals surface area contributed by atoms with Crippen LogP contribution in [0.4, 0.5) is 13.2 Å². The van der Waals surface area contributed by atoms with Gasteiger partial charge in [0.05, 0.1) is 21.7 Å². The molecule has 0 amide bonds. The zero-order chi connectivity index (χ0) is 17.6. The summed E-state index contributed by atoms with van der Waals surface area (Å²) in [4.78, 5) is 4.49. The van der Waals surface area contributed by atoms with Crippen LogP contribution in [0.2, 0.25) is 5.02 Å². The summed E-state index contributed by atoms with van der Waals surface area (Å²) in [6, 6.07) is 13.0. The molecule has 0 unspecified atom stereocenters. The lowest BCUT2D eigenvalue weighted by Gasteiger charge is -2.08. The molecule has 4 rings (SSSR count). The van der Waals surface area contributed by atoms with Gasteiger partial charge in [0.1, 0.15) is 11.4 Å². The van der Waals surface area contributed by atoms with E-state index in [1.165, 1.54) is 18.2 Å². The molecule has 0 aliphatic carbocycles. The quantitative estimate of drug-likeness (QED) is 0.523. The molecule has 1 N–H and O–H groups in total. The molecule has 4 nitrogen and oxygen atoms in total. The lowest BCUT2D eigenvalue weighted by molar-refractivity contribution is -0.274. The Balaban J connectivity index is 1.86. The number of aromatic amines is 1. The van der Waals surface area contributed by atoms with Gasteiger partial charge in [-0.15, -0.1) is 13.2 Å². The SMILES string of the molecule is FC(F)(F)Oc1ccc2[nH]nc(-c3ccc4cccc(Cl)c4n3)c2c1. The second-order valence-electron chi connectivity index (χ2n) is 5.34. The zero-order valence-corrected chi connectivity index (χ0v) is 13.2. The van der Waals surface area contributed by atoms with Crippen molar-refractivity contribution in [2.45, 2.75) is 6.36 Å². The van der Waals surface area contributed by atoms with Gasteiger partial charge in [-0.1, -0.05) is 29.8 Å². The molecule has 0 aliphatic rings. The first-order chi connectivity index (χ1) is 11.9. The van der Waals surface area contributed by atoms with Gasteiger partial charge in [0.25, 0.3) is 0 Å². The van der Waals surface area contributed by atoms with Crippen LogP contribution in [0, 0.1) is 0 Å². The third-order valence-electron chi connectivity index (χ3n) is 3.68. The highest BCUT2D eigenvalue weighted by Gasteiger charge is 2.31. The van der Waals surface area contributed by atoms with Crippen molar-refractivity contribution in [3.8, 4) is 17.1 Å². The van der Waals surface area contributed by atoms with E-state index in [0.717, 1.165) is 5.39 Å². The fourth-order valence-electron chi connectivity index (χ4n) is 2.63. The number of alkyl halides is 3. The average molecular weight is 364 g/mol. The fourth-order valence-corrected chi connectivity index (χ4v) is 2.85. The maximum Gasteiger partial charge on any atom is 0.573 e. The highest BCUT2D eigenvalue weighted by Crippen LogP contribution is 2.32. The Kier molecular flexibility index (Phi) is 3.54. The molecule has 0 atom stereocenters. The van der Waals surface area contributed by atoms with Crippen LogP contribution >= 0.6 is 11.6 Å². The van der Waals surface area contributed by atoms with Gasteiger partial charge in [0.15, 0.2) is 0 Å². The predicted molar refractivity (Wildman–Crippen MR) is 88.5 cm³/mol. The average Bonchev–Trinajstić information content (AvgIpc) is 2.97. The Morgan fingerprint density at radius 1 is 1.04 bits per heavy atom. The number of aromatic nitrogens is 3. The minimum absolute atomic E-state index is 0.318. The fraction of sp³-hybridized carbons (Fsp3) is 0.0588. The summed E-state index contributed by atoms with van der Waals surface area (Å²) < 4.78 is 41.3. The maximum absolute atomic E-state index is 12.4. The van der Waals surface area contributed by atoms with Crippen LogP contribution in [0.5, 0.6) is 5.75 Å². The number of halogens is 4. The molecular weight excluding hydrogens is 355 g/mol. The van der Waals surface area contributed by atoms with E-state index < -0.39 is 6.36 Å². The number of nitrogens with zero attached hydrogens (tertiary/aromatic N) is 2. The molecule has 4 aromatic rings. The minimum atomic E-state index is -4.76. The standard InChI is InChI=1S/C17H9ClF3N3O/c18-12-3-1-2-9-4-6-14(22-15(9)12)16-11-8-10(25-17(19,20)21)5-7-13(11)23-24-16/h1-8H,(H,23,24). The maximum atomic E-state index is 12.4. The van der Waals surface area contributed by atoms with Crippen molar-refractivity contribution >= 4 is 33.4 Å². The van der Waals surface area contributed by atoms with Gasteiger partial charge in [-0.05, 0) is 30.3 Å². The van der Waals surface area contributed by atoms with Crippen LogP contribution < -0.4 is 4.74 Å². The van der Waals surface area contributed by atoms with Gasteiger partial charge < -0.3 is 4.74 Å². The molecular formula is C17H9ClF3N3O. The normalized spacial score (nSPS) is 12.0. The summed E-state index contributed by atoms with van der Waals surface area (Å²) in [5, 5.41) is 8.77. The third-order valence-corrected chi connectivity index (χ3v) is 3.99. The molecule has 0 saturated heterocycles. The van der Waals surface area contributed by atoms with E-state index in [2.05, 4.69) is 19.9 Å². The number of fused-ring (bicyclic) bond motifs is 2. The Bertz CT molecular complexity index is 1090. The van der Waals surface area contributed by atoms with Crippen LogP contribution in [-0.4, -0.2) is 21.5 Å². The van der Waals surface area contributed by atoms with E-state index in [9.17, 15) is 13.2 Å². The van der Waals surface area contributed by atoms with Gasteiger partial charge in [0.2, 0.25) is 0 Å². The summed E-state index contributed by atoms with van der Waals surface area (Å²) in [6.07, 6.45) is -4.76. The van der Waals surface area contributed by atoms with Crippen LogP contribution in [0.25, 0.3) is 33.2 Å². The van der Waals surface area contributed by atoms with Crippen molar-refractivity contribution in [1.82, 2.24) is 15.2 Å². The number of nitrogens with one attached hydrogen (secondary N) is 1. The van der Waals surface area contributed by atoms with E-state index in [0.29, 0.717) is 32.8 Å². The van der Waals surface area contributed by atoms with Crippen molar-refractivity contribution in [2.24, 2.45) is 0 Å². The van der Waals surface area contributed by atoms with Gasteiger partial charge in [0, 0.05) is 10.8 Å². The second kappa shape index (κ2) is 5.63. The van der Waals surface area contributed by atoms with Gasteiger partial charge in [-0.25, -0.2) is 4.98 Å². The summed E-state index contributed by atoms with van der Waals surface area (Å²) in [5.74, 6) is -0.318. The van der Waals surface area contributed by atoms with Gasteiger partial charge in [-0.3, -0.25) is 5.10 Å². The number of ether oxygens (including phenoxy) is 1. The summed E-state index contributed by atoms with van der Waals surface area (Å²) in [6.45, 7) is 0. The van der Waals surface area contributed by atoms with Crippen LogP contribution in [0.1, 0.15) is 0 Å². The first-order valence-electron chi connectivity index (χ1n) is 7.20. The molecule has 0 spiro atoms. The molecule has 8 heteroatoms. The van der Waals surface area contributed by atoms with Crippen LogP contribution in [0.15, 0.2) is 48.5 Å². The molecule has 0 bridgehead atoms. The van der Waals surface area contributed by atoms with Crippen LogP contribution in [-0.2, 0) is 0 Å². The summed E-state index contributed by atoms with van der Waals surface area (Å²) >= 11 is 6.17. The highest BCUT2D eigenvalue weighted by atomic mass is 35.5. The molecule has 25 heavy (non-hydrogen) atoms. The van der Waals surface area contributed by atoms with Gasteiger partial charge >= 0.3 is 6.36 Å². The Labute approximate surface area is 144 Å². The van der Waals surface area contributed by atoms with E-state index in [-0.39, 0.29) is 5.75 Å². The molecule has 2 aromatic carbocycles. The monoisotopic (exact) mass is 363 g/mol. The molecule has 0 radical (unpaired) electrons. The molecule has 0 fully saturated rings. The van der Waals surface area contributed by atoms with E-state index in [1.807, 2.05) is 18.2 Å². The number of hydrogen-bond donors (Lipinski definition) is 1. The number of pyridine rings is 1. The molecule has 2 aromatic heterocycles. The smallest absolute Gasteiger partial charge is 0.406 e. The van der Waals surface area contributed by atoms with E-state index in [1.54, 1.807) is 12.1 Å². The van der Waals surface area contributed by atoms with Crippen molar-refractivity contribution in [1.29, 1.82) is 0 Å². The Morgan fingerprint density at radius 3 is 2.68 bits per heavy atom. The van der Waals surface area contributed by atoms with Gasteiger partial charge in [-0.2, -0.15) is 5.10 Å². The Hall–Kier alpha value is -2.80. The van der Waals surface area contributed by atoms with E-state index in [4.69, 9.17) is 11.6 Å². The van der Waals surface area contributed by atoms with Crippen molar-refractivity contribution < 1.29 is 17.9 Å². The topological polar surface area (TPSA) is 50.8 Å². The summed E-state index contributed by atoms with van der Waals surface area (Å²) in [7, 11) is 0. The van der Waals surface area contributed by atoms with Crippen molar-refractivity contribution in [3.05, 3.63) is 53.6 Å². The first-order valence-corrected chi connectivity index (χ1v) is 7.58. The predicted octanol–water partition coefficient (Wildman–Crippen LogP) is 5.33. The lowest BCUT2D eigenvalue weighted by atomic mass is 10.1. The number of hydrogen-bond acceptors (Lipinski definition) is 3. The first kappa shape index (κ1) is 15.7. The lowest BCUT2D eigenvalue weighted by Crippen LogP contribution is -2.16. The number of para-hydroxylation sites is 1. The largest absolute Gasteiger partial charge is 0.573 e. The summed E-state index contributed by atoms with van der Waals surface area (Å²) in [5.41, 5.74) is 2.09. The molecule has 2 heterocycles. The molecule has 0 aliphatic heterocycles. The highest BCUT2D eigenvalue weighted by molar-refractivity contribution is 6.35. The third kappa shape index (κ3) is 2.98. The number of rotatable bonds is 2.